The summed E-state index contributed by atoms with van der Waals surface area (Å²) in [4.78, 5) is 12.5. The van der Waals surface area contributed by atoms with Gasteiger partial charge in [0.15, 0.2) is 0 Å². The summed E-state index contributed by atoms with van der Waals surface area (Å²) >= 11 is 0. The molecule has 2 N–H and O–H groups in total. The molecule has 21 heavy (non-hydrogen) atoms. The first kappa shape index (κ1) is 15.8. The Hall–Kier alpha value is -1.56. The maximum atomic E-state index is 12.7. The molecule has 6 heteroatoms. The minimum atomic E-state index is -4.41. The van der Waals surface area contributed by atoms with Crippen molar-refractivity contribution in [2.75, 3.05) is 18.4 Å². The van der Waals surface area contributed by atoms with E-state index in [1.807, 2.05) is 6.92 Å². The summed E-state index contributed by atoms with van der Waals surface area (Å²) in [5.74, 6) is -0.200. The van der Waals surface area contributed by atoms with Crippen LogP contribution >= 0.6 is 0 Å². The molecule has 3 nitrogen and oxygen atoms in total. The molecular formula is C15H19F3N2O. The standard InChI is InChI=1S/C15H19F3N2O/c1-2-6-14(7-8-19-10-14)13(21)20-12-5-3-4-11(9-12)15(16,17)18/h3-5,9,19H,2,6-8,10H2,1H3,(H,20,21). The van der Waals surface area contributed by atoms with Gasteiger partial charge in [0.05, 0.1) is 11.0 Å². The van der Waals surface area contributed by atoms with Gasteiger partial charge in [0.25, 0.3) is 0 Å². The van der Waals surface area contributed by atoms with E-state index in [-0.39, 0.29) is 11.6 Å². The Morgan fingerprint density at radius 3 is 2.76 bits per heavy atom. The number of amides is 1. The lowest BCUT2D eigenvalue weighted by Crippen LogP contribution is -2.38. The highest BCUT2D eigenvalue weighted by molar-refractivity contribution is 5.95. The molecule has 0 aliphatic carbocycles. The van der Waals surface area contributed by atoms with Crippen LogP contribution in [0.15, 0.2) is 24.3 Å². The molecule has 1 unspecified atom stereocenters. The van der Waals surface area contributed by atoms with Gasteiger partial charge in [0.1, 0.15) is 0 Å². The van der Waals surface area contributed by atoms with Gasteiger partial charge in [-0.1, -0.05) is 19.4 Å². The second kappa shape index (κ2) is 6.05. The molecule has 1 aromatic carbocycles. The fourth-order valence-electron chi connectivity index (χ4n) is 2.78. The predicted octanol–water partition coefficient (Wildman–Crippen LogP) is 3.42. The van der Waals surface area contributed by atoms with Crippen molar-refractivity contribution < 1.29 is 18.0 Å². The number of hydrogen-bond donors (Lipinski definition) is 2. The summed E-state index contributed by atoms with van der Waals surface area (Å²) in [5.41, 5.74) is -1.07. The van der Waals surface area contributed by atoms with Gasteiger partial charge in [-0.05, 0) is 37.6 Å². The van der Waals surface area contributed by atoms with E-state index in [4.69, 9.17) is 0 Å². The molecule has 1 atom stereocenters. The number of hydrogen-bond acceptors (Lipinski definition) is 2. The zero-order valence-electron chi connectivity index (χ0n) is 11.9. The fourth-order valence-corrected chi connectivity index (χ4v) is 2.78. The smallest absolute Gasteiger partial charge is 0.326 e. The molecule has 1 heterocycles. The largest absolute Gasteiger partial charge is 0.416 e. The first-order valence-electron chi connectivity index (χ1n) is 7.07. The van der Waals surface area contributed by atoms with Gasteiger partial charge in [-0.15, -0.1) is 0 Å². The Labute approximate surface area is 121 Å². The SMILES string of the molecule is CCCC1(C(=O)Nc2cccc(C(F)(F)F)c2)CCNC1. The zero-order chi connectivity index (χ0) is 15.5. The van der Waals surface area contributed by atoms with Crippen LogP contribution in [0.25, 0.3) is 0 Å². The van der Waals surface area contributed by atoms with Gasteiger partial charge in [-0.25, -0.2) is 0 Å². The van der Waals surface area contributed by atoms with Gasteiger partial charge in [-0.3, -0.25) is 4.79 Å². The minimum absolute atomic E-state index is 0.192. The predicted molar refractivity (Wildman–Crippen MR) is 74.9 cm³/mol. The summed E-state index contributed by atoms with van der Waals surface area (Å²) in [6, 6.07) is 4.75. The first-order chi connectivity index (χ1) is 9.87. The molecule has 116 valence electrons. The number of carbonyl (C=O) groups excluding carboxylic acids is 1. The van der Waals surface area contributed by atoms with Crippen molar-refractivity contribution in [1.29, 1.82) is 0 Å². The third-order valence-corrected chi connectivity index (χ3v) is 3.90. The van der Waals surface area contributed by atoms with Crippen molar-refractivity contribution in [2.45, 2.75) is 32.4 Å². The lowest BCUT2D eigenvalue weighted by atomic mass is 9.81. The molecule has 1 aliphatic heterocycles. The third-order valence-electron chi connectivity index (χ3n) is 3.90. The second-order valence-corrected chi connectivity index (χ2v) is 5.49. The summed E-state index contributed by atoms with van der Waals surface area (Å²) in [5, 5.41) is 5.80. The Bertz CT molecular complexity index is 508. The van der Waals surface area contributed by atoms with E-state index in [2.05, 4.69) is 10.6 Å². The van der Waals surface area contributed by atoms with E-state index in [1.165, 1.54) is 12.1 Å². The second-order valence-electron chi connectivity index (χ2n) is 5.49. The van der Waals surface area contributed by atoms with E-state index < -0.39 is 17.2 Å². The minimum Gasteiger partial charge on any atom is -0.326 e. The highest BCUT2D eigenvalue weighted by Gasteiger charge is 2.40. The number of nitrogens with one attached hydrogen (secondary N) is 2. The number of benzene rings is 1. The molecule has 1 amide bonds. The van der Waals surface area contributed by atoms with Gasteiger partial charge in [0.2, 0.25) is 5.91 Å². The van der Waals surface area contributed by atoms with Crippen LogP contribution < -0.4 is 10.6 Å². The summed E-state index contributed by atoms with van der Waals surface area (Å²) in [7, 11) is 0. The molecule has 0 bridgehead atoms. The Morgan fingerprint density at radius 1 is 1.43 bits per heavy atom. The number of halogens is 3. The van der Waals surface area contributed by atoms with Crippen LogP contribution in [0.4, 0.5) is 18.9 Å². The average Bonchev–Trinajstić information content (AvgIpc) is 2.88. The summed E-state index contributed by atoms with van der Waals surface area (Å²) < 4.78 is 38.0. The molecule has 1 fully saturated rings. The van der Waals surface area contributed by atoms with Crippen LogP contribution in [0, 0.1) is 5.41 Å². The molecule has 2 rings (SSSR count). The van der Waals surface area contributed by atoms with Crippen LogP contribution in [-0.4, -0.2) is 19.0 Å². The molecule has 0 radical (unpaired) electrons. The lowest BCUT2D eigenvalue weighted by molar-refractivity contribution is -0.137. The summed E-state index contributed by atoms with van der Waals surface area (Å²) in [6.45, 7) is 3.33. The molecule has 0 aromatic heterocycles. The van der Waals surface area contributed by atoms with Crippen LogP contribution in [-0.2, 0) is 11.0 Å². The number of carbonyl (C=O) groups is 1. The van der Waals surface area contributed by atoms with E-state index in [0.29, 0.717) is 13.0 Å². The molecule has 1 saturated heterocycles. The number of rotatable bonds is 4. The van der Waals surface area contributed by atoms with Crippen LogP contribution in [0.5, 0.6) is 0 Å². The zero-order valence-corrected chi connectivity index (χ0v) is 11.9. The molecule has 0 saturated carbocycles. The van der Waals surface area contributed by atoms with E-state index in [0.717, 1.165) is 31.5 Å². The Balaban J connectivity index is 2.15. The molecular weight excluding hydrogens is 281 g/mol. The Morgan fingerprint density at radius 2 is 2.19 bits per heavy atom. The maximum Gasteiger partial charge on any atom is 0.416 e. The highest BCUT2D eigenvalue weighted by Crippen LogP contribution is 2.34. The van der Waals surface area contributed by atoms with E-state index in [9.17, 15) is 18.0 Å². The topological polar surface area (TPSA) is 41.1 Å². The van der Waals surface area contributed by atoms with Crippen LogP contribution in [0.3, 0.4) is 0 Å². The number of anilines is 1. The normalized spacial score (nSPS) is 22.3. The van der Waals surface area contributed by atoms with Crippen LogP contribution in [0.1, 0.15) is 31.7 Å². The highest BCUT2D eigenvalue weighted by atomic mass is 19.4. The first-order valence-corrected chi connectivity index (χ1v) is 7.07. The average molecular weight is 300 g/mol. The van der Waals surface area contributed by atoms with E-state index >= 15 is 0 Å². The van der Waals surface area contributed by atoms with Crippen molar-refractivity contribution >= 4 is 11.6 Å². The van der Waals surface area contributed by atoms with Crippen molar-refractivity contribution in [2.24, 2.45) is 5.41 Å². The van der Waals surface area contributed by atoms with Crippen molar-refractivity contribution in [3.63, 3.8) is 0 Å². The Kier molecular flexibility index (Phi) is 4.56. The summed E-state index contributed by atoms with van der Waals surface area (Å²) in [6.07, 6.45) is -2.11. The van der Waals surface area contributed by atoms with Crippen molar-refractivity contribution in [3.05, 3.63) is 29.8 Å². The van der Waals surface area contributed by atoms with Gasteiger partial charge >= 0.3 is 6.18 Å². The van der Waals surface area contributed by atoms with Gasteiger partial charge in [0, 0.05) is 12.2 Å². The molecule has 0 spiro atoms. The van der Waals surface area contributed by atoms with E-state index in [1.54, 1.807) is 0 Å². The van der Waals surface area contributed by atoms with Gasteiger partial charge in [-0.2, -0.15) is 13.2 Å². The fraction of sp³-hybridized carbons (Fsp3) is 0.533. The van der Waals surface area contributed by atoms with Crippen molar-refractivity contribution in [3.8, 4) is 0 Å². The maximum absolute atomic E-state index is 12.7. The molecule has 1 aromatic rings. The third kappa shape index (κ3) is 3.56. The molecule has 1 aliphatic rings. The van der Waals surface area contributed by atoms with Crippen molar-refractivity contribution in [1.82, 2.24) is 5.32 Å². The monoisotopic (exact) mass is 300 g/mol. The van der Waals surface area contributed by atoms with Crippen LogP contribution in [0.2, 0.25) is 0 Å². The lowest BCUT2D eigenvalue weighted by Gasteiger charge is -2.26. The van der Waals surface area contributed by atoms with Gasteiger partial charge < -0.3 is 10.6 Å². The quantitative estimate of drug-likeness (QED) is 0.894. The number of alkyl halides is 3.